The number of hydrogen-bond donors (Lipinski definition) is 3. The lowest BCUT2D eigenvalue weighted by atomic mass is 10.0. The highest BCUT2D eigenvalue weighted by molar-refractivity contribution is 6.00. The summed E-state index contributed by atoms with van der Waals surface area (Å²) in [6.07, 6.45) is 0.735. The predicted molar refractivity (Wildman–Crippen MR) is 107 cm³/mol. The van der Waals surface area contributed by atoms with Crippen LogP contribution in [0.5, 0.6) is 0 Å². The molecule has 6 heteroatoms. The minimum atomic E-state index is -0.277. The number of nitrogens with one attached hydrogen (secondary N) is 3. The van der Waals surface area contributed by atoms with E-state index < -0.39 is 0 Å². The van der Waals surface area contributed by atoms with Gasteiger partial charge in [0.1, 0.15) is 0 Å². The third-order valence-electron chi connectivity index (χ3n) is 4.03. The van der Waals surface area contributed by atoms with Crippen molar-refractivity contribution in [3.05, 3.63) is 59.2 Å². The molecule has 0 saturated carbocycles. The standard InChI is InChI=1S/C21H25N3O3/c1-5-20(16-8-6-13(2)7-9-16)24-21(27)17-10-18(22-14(3)25)12-19(11-17)23-15(4)26/h6-12,20H,5H2,1-4H3,(H,22,25)(H,23,26)(H,24,27). The second-order valence-corrected chi connectivity index (χ2v) is 6.51. The molecule has 0 aromatic heterocycles. The van der Waals surface area contributed by atoms with Crippen LogP contribution >= 0.6 is 0 Å². The molecule has 0 heterocycles. The average Bonchev–Trinajstić information content (AvgIpc) is 2.59. The summed E-state index contributed by atoms with van der Waals surface area (Å²) in [6, 6.07) is 12.7. The molecule has 0 aliphatic carbocycles. The van der Waals surface area contributed by atoms with Crippen LogP contribution in [0.2, 0.25) is 0 Å². The van der Waals surface area contributed by atoms with Crippen LogP contribution in [-0.4, -0.2) is 17.7 Å². The maximum Gasteiger partial charge on any atom is 0.251 e. The minimum absolute atomic E-state index is 0.133. The molecule has 0 radical (unpaired) electrons. The summed E-state index contributed by atoms with van der Waals surface area (Å²) in [5, 5.41) is 8.31. The average molecular weight is 367 g/mol. The van der Waals surface area contributed by atoms with Gasteiger partial charge < -0.3 is 16.0 Å². The molecular formula is C21H25N3O3. The fraction of sp³-hybridized carbons (Fsp3) is 0.286. The SMILES string of the molecule is CCC(NC(=O)c1cc(NC(C)=O)cc(NC(C)=O)c1)c1ccc(C)cc1. The van der Waals surface area contributed by atoms with Crippen molar-refractivity contribution in [1.29, 1.82) is 0 Å². The molecule has 2 rings (SSSR count). The lowest BCUT2D eigenvalue weighted by Gasteiger charge is -2.18. The molecule has 1 unspecified atom stereocenters. The van der Waals surface area contributed by atoms with Gasteiger partial charge in [0.05, 0.1) is 6.04 Å². The van der Waals surface area contributed by atoms with Gasteiger partial charge in [-0.25, -0.2) is 0 Å². The number of carbonyl (C=O) groups excluding carboxylic acids is 3. The molecule has 2 aromatic carbocycles. The van der Waals surface area contributed by atoms with Crippen LogP contribution in [0.15, 0.2) is 42.5 Å². The third kappa shape index (κ3) is 5.95. The molecule has 2 aromatic rings. The van der Waals surface area contributed by atoms with Gasteiger partial charge in [0.25, 0.3) is 5.91 Å². The summed E-state index contributed by atoms with van der Waals surface area (Å²) in [5.41, 5.74) is 3.43. The van der Waals surface area contributed by atoms with Gasteiger partial charge in [0, 0.05) is 30.8 Å². The number of benzene rings is 2. The highest BCUT2D eigenvalue weighted by atomic mass is 16.2. The topological polar surface area (TPSA) is 87.3 Å². The second-order valence-electron chi connectivity index (χ2n) is 6.51. The van der Waals surface area contributed by atoms with Gasteiger partial charge in [-0.15, -0.1) is 0 Å². The fourth-order valence-corrected chi connectivity index (χ4v) is 2.77. The Morgan fingerprint density at radius 2 is 1.41 bits per heavy atom. The van der Waals surface area contributed by atoms with Crippen LogP contribution in [0, 0.1) is 6.92 Å². The van der Waals surface area contributed by atoms with Crippen molar-refractivity contribution in [3.8, 4) is 0 Å². The Labute approximate surface area is 159 Å². The lowest BCUT2D eigenvalue weighted by molar-refractivity contribution is -0.115. The molecule has 0 saturated heterocycles. The van der Waals surface area contributed by atoms with Gasteiger partial charge in [-0.05, 0) is 37.1 Å². The van der Waals surface area contributed by atoms with Gasteiger partial charge in [-0.2, -0.15) is 0 Å². The Morgan fingerprint density at radius 3 is 1.85 bits per heavy atom. The van der Waals surface area contributed by atoms with Crippen molar-refractivity contribution in [3.63, 3.8) is 0 Å². The zero-order valence-corrected chi connectivity index (χ0v) is 16.1. The van der Waals surface area contributed by atoms with Crippen LogP contribution in [0.25, 0.3) is 0 Å². The summed E-state index contributed by atoms with van der Waals surface area (Å²) in [6.45, 7) is 6.78. The van der Waals surface area contributed by atoms with Crippen LogP contribution in [0.1, 0.15) is 54.7 Å². The maximum absolute atomic E-state index is 12.8. The molecular weight excluding hydrogens is 342 g/mol. The van der Waals surface area contributed by atoms with Crippen LogP contribution in [0.4, 0.5) is 11.4 Å². The molecule has 0 fully saturated rings. The van der Waals surface area contributed by atoms with Crippen LogP contribution < -0.4 is 16.0 Å². The Morgan fingerprint density at radius 1 is 0.889 bits per heavy atom. The van der Waals surface area contributed by atoms with E-state index in [0.717, 1.165) is 17.5 Å². The van der Waals surface area contributed by atoms with Crippen molar-refractivity contribution in [1.82, 2.24) is 5.32 Å². The van der Waals surface area contributed by atoms with E-state index in [1.807, 2.05) is 38.1 Å². The fourth-order valence-electron chi connectivity index (χ4n) is 2.77. The first-order chi connectivity index (χ1) is 12.8. The maximum atomic E-state index is 12.8. The molecule has 0 aliphatic heterocycles. The van der Waals surface area contributed by atoms with Crippen LogP contribution in [-0.2, 0) is 9.59 Å². The molecule has 0 bridgehead atoms. The highest BCUT2D eigenvalue weighted by Gasteiger charge is 2.16. The lowest BCUT2D eigenvalue weighted by Crippen LogP contribution is -2.28. The first-order valence-corrected chi connectivity index (χ1v) is 8.86. The van der Waals surface area contributed by atoms with Crippen molar-refractivity contribution in [2.24, 2.45) is 0 Å². The predicted octanol–water partition coefficient (Wildman–Crippen LogP) is 3.79. The van der Waals surface area contributed by atoms with E-state index in [9.17, 15) is 14.4 Å². The summed E-state index contributed by atoms with van der Waals surface area (Å²) >= 11 is 0. The number of anilines is 2. The zero-order chi connectivity index (χ0) is 20.0. The highest BCUT2D eigenvalue weighted by Crippen LogP contribution is 2.22. The van der Waals surface area contributed by atoms with E-state index in [-0.39, 0.29) is 23.8 Å². The number of rotatable bonds is 6. The Bertz CT molecular complexity index is 810. The summed E-state index contributed by atoms with van der Waals surface area (Å²) in [4.78, 5) is 35.5. The third-order valence-corrected chi connectivity index (χ3v) is 4.03. The monoisotopic (exact) mass is 367 g/mol. The number of aryl methyl sites for hydroxylation is 1. The molecule has 6 nitrogen and oxygen atoms in total. The zero-order valence-electron chi connectivity index (χ0n) is 16.1. The summed E-state index contributed by atoms with van der Waals surface area (Å²) in [5.74, 6) is -0.791. The first kappa shape index (κ1) is 20.2. The van der Waals surface area contributed by atoms with E-state index >= 15 is 0 Å². The summed E-state index contributed by atoms with van der Waals surface area (Å²) < 4.78 is 0. The number of amides is 3. The first-order valence-electron chi connectivity index (χ1n) is 8.86. The Balaban J connectivity index is 2.28. The molecule has 142 valence electrons. The van der Waals surface area contributed by atoms with Gasteiger partial charge in [0.15, 0.2) is 0 Å². The summed E-state index contributed by atoms with van der Waals surface area (Å²) in [7, 11) is 0. The van der Waals surface area contributed by atoms with Gasteiger partial charge in [-0.1, -0.05) is 36.8 Å². The van der Waals surface area contributed by atoms with E-state index in [0.29, 0.717) is 16.9 Å². The van der Waals surface area contributed by atoms with E-state index in [4.69, 9.17) is 0 Å². The molecule has 0 aliphatic rings. The number of hydrogen-bond acceptors (Lipinski definition) is 3. The van der Waals surface area contributed by atoms with Gasteiger partial charge in [-0.3, -0.25) is 14.4 Å². The molecule has 1 atom stereocenters. The van der Waals surface area contributed by atoms with Crippen molar-refractivity contribution in [2.75, 3.05) is 10.6 Å². The van der Waals surface area contributed by atoms with Crippen LogP contribution in [0.3, 0.4) is 0 Å². The van der Waals surface area contributed by atoms with E-state index in [1.165, 1.54) is 13.8 Å². The normalized spacial score (nSPS) is 11.4. The van der Waals surface area contributed by atoms with Crippen molar-refractivity contribution in [2.45, 2.75) is 40.2 Å². The second kappa shape index (κ2) is 8.98. The van der Waals surface area contributed by atoms with Gasteiger partial charge >= 0.3 is 0 Å². The number of carbonyl (C=O) groups is 3. The van der Waals surface area contributed by atoms with Crippen molar-refractivity contribution >= 4 is 29.1 Å². The molecule has 3 amide bonds. The largest absolute Gasteiger partial charge is 0.345 e. The minimum Gasteiger partial charge on any atom is -0.345 e. The Kier molecular flexibility index (Phi) is 6.71. The smallest absolute Gasteiger partial charge is 0.251 e. The molecule has 3 N–H and O–H groups in total. The quantitative estimate of drug-likeness (QED) is 0.726. The van der Waals surface area contributed by atoms with Gasteiger partial charge in [0.2, 0.25) is 11.8 Å². The van der Waals surface area contributed by atoms with Crippen molar-refractivity contribution < 1.29 is 14.4 Å². The Hall–Kier alpha value is -3.15. The van der Waals surface area contributed by atoms with E-state index in [2.05, 4.69) is 16.0 Å². The van der Waals surface area contributed by atoms with E-state index in [1.54, 1.807) is 18.2 Å². The molecule has 27 heavy (non-hydrogen) atoms. The molecule has 0 spiro atoms.